The Bertz CT molecular complexity index is 773. The monoisotopic (exact) mass is 459 g/mol. The van der Waals surface area contributed by atoms with Crippen molar-refractivity contribution in [1.29, 1.82) is 0 Å². The van der Waals surface area contributed by atoms with Gasteiger partial charge in [-0.15, -0.1) is 5.06 Å². The van der Waals surface area contributed by atoms with Gasteiger partial charge in [-0.3, -0.25) is 9.59 Å². The predicted molar refractivity (Wildman–Crippen MR) is 124 cm³/mol. The van der Waals surface area contributed by atoms with Crippen LogP contribution in [-0.2, 0) is 28.7 Å². The topological polar surface area (TPSA) is 82.1 Å². The Morgan fingerprint density at radius 2 is 1.58 bits per heavy atom. The lowest BCUT2D eigenvalue weighted by Crippen LogP contribution is -2.48. The lowest BCUT2D eigenvalue weighted by Gasteiger charge is -2.47. The molecule has 3 fully saturated rings. The van der Waals surface area contributed by atoms with Gasteiger partial charge in [-0.25, -0.2) is 4.79 Å². The number of ether oxygens (including phenoxy) is 2. The molecule has 0 aromatic heterocycles. The molecule has 7 heteroatoms. The lowest BCUT2D eigenvalue weighted by molar-refractivity contribution is -0.194. The van der Waals surface area contributed by atoms with Gasteiger partial charge in [0.05, 0.1) is 17.3 Å². The van der Waals surface area contributed by atoms with Gasteiger partial charge in [-0.1, -0.05) is 44.1 Å². The fourth-order valence-corrected chi connectivity index (χ4v) is 5.63. The zero-order valence-electron chi connectivity index (χ0n) is 19.9. The van der Waals surface area contributed by atoms with Crippen LogP contribution >= 0.6 is 0 Å². The van der Waals surface area contributed by atoms with Gasteiger partial charge in [-0.2, -0.15) is 0 Å². The van der Waals surface area contributed by atoms with E-state index in [1.54, 1.807) is 20.3 Å². The number of carbonyl (C=O) groups excluding carboxylic acids is 3. The highest BCUT2D eigenvalue weighted by atomic mass is 16.7. The van der Waals surface area contributed by atoms with Crippen LogP contribution in [0.5, 0.6) is 0 Å². The first kappa shape index (κ1) is 25.4. The minimum atomic E-state index is -0.778. The first-order valence-electron chi connectivity index (χ1n) is 12.1. The maximum atomic E-state index is 12.5. The molecule has 3 aliphatic rings. The summed E-state index contributed by atoms with van der Waals surface area (Å²) in [6.45, 7) is 3.69. The fraction of sp³-hybridized carbons (Fsp3) is 0.654. The Morgan fingerprint density at radius 3 is 2.12 bits per heavy atom. The third kappa shape index (κ3) is 5.82. The second-order valence-corrected chi connectivity index (χ2v) is 9.25. The molecule has 182 valence electrons. The van der Waals surface area contributed by atoms with E-state index in [1.807, 2.05) is 6.08 Å². The van der Waals surface area contributed by atoms with E-state index in [0.717, 1.165) is 38.5 Å². The normalized spacial score (nSPS) is 27.1. The van der Waals surface area contributed by atoms with Gasteiger partial charge in [0.15, 0.2) is 0 Å². The third-order valence-electron chi connectivity index (χ3n) is 7.51. The first-order valence-corrected chi connectivity index (χ1v) is 12.1. The second-order valence-electron chi connectivity index (χ2n) is 9.25. The Morgan fingerprint density at radius 1 is 0.970 bits per heavy atom. The van der Waals surface area contributed by atoms with Crippen molar-refractivity contribution in [2.75, 3.05) is 14.2 Å². The van der Waals surface area contributed by atoms with Crippen LogP contribution in [0.4, 0.5) is 0 Å². The van der Waals surface area contributed by atoms with Gasteiger partial charge in [-0.05, 0) is 56.4 Å². The van der Waals surface area contributed by atoms with Gasteiger partial charge < -0.3 is 14.3 Å². The van der Waals surface area contributed by atoms with Crippen LogP contribution in [0.25, 0.3) is 0 Å². The molecule has 33 heavy (non-hydrogen) atoms. The molecule has 2 amide bonds. The molecule has 0 aromatic carbocycles. The van der Waals surface area contributed by atoms with Crippen molar-refractivity contribution in [3.8, 4) is 0 Å². The zero-order chi connectivity index (χ0) is 23.8. The molecule has 1 heterocycles. The van der Waals surface area contributed by atoms with E-state index in [2.05, 4.69) is 12.7 Å². The summed E-state index contributed by atoms with van der Waals surface area (Å²) in [5, 5.41) is 0.555. The number of rotatable bonds is 9. The molecular formula is C26H37NO6. The Kier molecular flexibility index (Phi) is 9.03. The Labute approximate surface area is 196 Å². The zero-order valence-corrected chi connectivity index (χ0v) is 19.9. The van der Waals surface area contributed by atoms with Crippen molar-refractivity contribution in [3.05, 3.63) is 36.5 Å². The molecule has 0 spiro atoms. The van der Waals surface area contributed by atoms with Crippen molar-refractivity contribution < 1.29 is 28.7 Å². The van der Waals surface area contributed by atoms with Gasteiger partial charge in [0.2, 0.25) is 0 Å². The van der Waals surface area contributed by atoms with Crippen molar-refractivity contribution in [1.82, 2.24) is 5.06 Å². The summed E-state index contributed by atoms with van der Waals surface area (Å²) in [5.74, 6) is -0.992. The quantitative estimate of drug-likeness (QED) is 0.288. The fourth-order valence-electron chi connectivity index (χ4n) is 5.63. The van der Waals surface area contributed by atoms with E-state index in [4.69, 9.17) is 14.3 Å². The number of imide groups is 1. The third-order valence-corrected chi connectivity index (χ3v) is 7.51. The number of amides is 2. The number of methoxy groups -OCH3 is 2. The van der Waals surface area contributed by atoms with E-state index in [9.17, 15) is 14.4 Å². The van der Waals surface area contributed by atoms with E-state index < -0.39 is 23.4 Å². The summed E-state index contributed by atoms with van der Waals surface area (Å²) in [7, 11) is 3.57. The van der Waals surface area contributed by atoms with Gasteiger partial charge in [0.1, 0.15) is 0 Å². The molecule has 0 aromatic rings. The molecule has 1 saturated heterocycles. The first-order chi connectivity index (χ1) is 15.9. The molecule has 1 unspecified atom stereocenters. The summed E-state index contributed by atoms with van der Waals surface area (Å²) < 4.78 is 11.9. The van der Waals surface area contributed by atoms with Crippen LogP contribution in [0.3, 0.4) is 0 Å². The largest absolute Gasteiger partial charge is 0.381 e. The minimum Gasteiger partial charge on any atom is -0.381 e. The van der Waals surface area contributed by atoms with E-state index >= 15 is 0 Å². The highest BCUT2D eigenvalue weighted by molar-refractivity contribution is 6.03. The van der Waals surface area contributed by atoms with E-state index in [1.165, 1.54) is 25.3 Å². The molecule has 1 atom stereocenters. The lowest BCUT2D eigenvalue weighted by atomic mass is 9.65. The standard InChI is InChI=1S/C26H37NO6/c1-4-19(25(30)33-27-23(28)16-17-24(27)29)9-8-18-26(32-3,20-10-6-5-7-11-20)21-12-14-22(31-2)15-13-21/h4,8-9,18,20-22H,1,5-7,10-17H2,2-3H3/b18-8+,19-9+. The summed E-state index contributed by atoms with van der Waals surface area (Å²) in [6.07, 6.45) is 17.4. The average Bonchev–Trinajstić information content (AvgIpc) is 3.17. The van der Waals surface area contributed by atoms with Crippen LogP contribution in [0.15, 0.2) is 36.5 Å². The number of hydroxylamine groups is 2. The van der Waals surface area contributed by atoms with Crippen LogP contribution < -0.4 is 0 Å². The van der Waals surface area contributed by atoms with Gasteiger partial charge in [0, 0.05) is 27.1 Å². The summed E-state index contributed by atoms with van der Waals surface area (Å²) in [5.41, 5.74) is -0.234. The van der Waals surface area contributed by atoms with Crippen LogP contribution in [0.1, 0.15) is 70.6 Å². The van der Waals surface area contributed by atoms with Crippen molar-refractivity contribution in [2.24, 2.45) is 11.8 Å². The van der Waals surface area contributed by atoms with Crippen LogP contribution in [0, 0.1) is 11.8 Å². The smallest absolute Gasteiger partial charge is 0.363 e. The number of carbonyl (C=O) groups is 3. The van der Waals surface area contributed by atoms with Crippen molar-refractivity contribution in [3.63, 3.8) is 0 Å². The van der Waals surface area contributed by atoms with Crippen molar-refractivity contribution >= 4 is 17.8 Å². The molecule has 0 radical (unpaired) electrons. The van der Waals surface area contributed by atoms with Crippen LogP contribution in [0.2, 0.25) is 0 Å². The van der Waals surface area contributed by atoms with E-state index in [0.29, 0.717) is 23.0 Å². The molecule has 2 saturated carbocycles. The molecule has 3 rings (SSSR count). The van der Waals surface area contributed by atoms with Gasteiger partial charge >= 0.3 is 5.97 Å². The van der Waals surface area contributed by atoms with Crippen molar-refractivity contribution in [2.45, 2.75) is 82.3 Å². The number of allylic oxidation sites excluding steroid dienone is 2. The average molecular weight is 460 g/mol. The SMILES string of the molecule is C=C/C(=C\C=C\C(OC)(C1CCCCC1)C1CCC(OC)CC1)C(=O)ON1C(=O)CCC1=O. The van der Waals surface area contributed by atoms with E-state index in [-0.39, 0.29) is 18.4 Å². The summed E-state index contributed by atoms with van der Waals surface area (Å²) in [6, 6.07) is 0. The molecular weight excluding hydrogens is 422 g/mol. The maximum absolute atomic E-state index is 12.5. The highest BCUT2D eigenvalue weighted by Crippen LogP contribution is 2.46. The molecule has 0 N–H and O–H groups in total. The Balaban J connectivity index is 1.79. The second kappa shape index (κ2) is 11.7. The number of nitrogens with zero attached hydrogens (tertiary/aromatic N) is 1. The highest BCUT2D eigenvalue weighted by Gasteiger charge is 2.45. The van der Waals surface area contributed by atoms with Crippen LogP contribution in [-0.4, -0.2) is 48.8 Å². The molecule has 0 bridgehead atoms. The number of hydrogen-bond donors (Lipinski definition) is 0. The predicted octanol–water partition coefficient (Wildman–Crippen LogP) is 4.43. The minimum absolute atomic E-state index is 0.0578. The summed E-state index contributed by atoms with van der Waals surface area (Å²) in [4.78, 5) is 41.1. The summed E-state index contributed by atoms with van der Waals surface area (Å²) >= 11 is 0. The molecule has 1 aliphatic heterocycles. The molecule has 7 nitrogen and oxygen atoms in total. The molecule has 2 aliphatic carbocycles. The maximum Gasteiger partial charge on any atom is 0.363 e. The van der Waals surface area contributed by atoms with Gasteiger partial charge in [0.25, 0.3) is 11.8 Å². The Hall–Kier alpha value is -2.25. The number of hydrogen-bond acceptors (Lipinski definition) is 6.